The average Bonchev–Trinajstić information content (AvgIpc) is 2.34. The molecule has 0 aromatic heterocycles. The van der Waals surface area contributed by atoms with Crippen LogP contribution in [0.1, 0.15) is 5.56 Å². The van der Waals surface area contributed by atoms with Crippen molar-refractivity contribution >= 4 is 46.9 Å². The first kappa shape index (κ1) is 17.7. The van der Waals surface area contributed by atoms with Gasteiger partial charge in [0.15, 0.2) is 0 Å². The number of ether oxygens (including phenoxy) is 1. The van der Waals surface area contributed by atoms with Crippen molar-refractivity contribution in [3.8, 4) is 5.75 Å². The third-order valence-corrected chi connectivity index (χ3v) is 2.63. The summed E-state index contributed by atoms with van der Waals surface area (Å²) in [5.74, 6) is -1.26. The Morgan fingerprint density at radius 3 is 2.52 bits per heavy atom. The molecular weight excluding hydrogens is 344 g/mol. The van der Waals surface area contributed by atoms with Crippen molar-refractivity contribution in [1.82, 2.24) is 5.32 Å². The number of carboxylic acid groups (broad SMARTS) is 1. The van der Waals surface area contributed by atoms with Crippen molar-refractivity contribution in [2.24, 2.45) is 0 Å². The molecule has 0 heterocycles. The Morgan fingerprint density at radius 1 is 1.33 bits per heavy atom. The minimum atomic E-state index is -1.78. The maximum Gasteiger partial charge on any atom is 0.408 e. The number of carbonyl (C=O) groups excluding carboxylic acids is 1. The normalized spacial score (nSPS) is 12.5. The molecule has 1 atom stereocenters. The van der Waals surface area contributed by atoms with E-state index >= 15 is 0 Å². The molecule has 0 saturated carbocycles. The van der Waals surface area contributed by atoms with Gasteiger partial charge in [0, 0.05) is 6.42 Å². The zero-order chi connectivity index (χ0) is 16.0. The second kappa shape index (κ2) is 7.59. The number of carbonyl (C=O) groups is 2. The van der Waals surface area contributed by atoms with E-state index in [0.29, 0.717) is 5.56 Å². The fourth-order valence-electron chi connectivity index (χ4n) is 1.45. The number of hydrogen-bond acceptors (Lipinski definition) is 4. The Morgan fingerprint density at radius 2 is 2.00 bits per heavy atom. The summed E-state index contributed by atoms with van der Waals surface area (Å²) in [6, 6.07) is 4.77. The van der Waals surface area contributed by atoms with Crippen LogP contribution in [0.4, 0.5) is 4.79 Å². The Kier molecular flexibility index (Phi) is 6.39. The van der Waals surface area contributed by atoms with Crippen LogP contribution in [0.25, 0.3) is 0 Å². The molecular formula is C12H12Cl3NO5. The molecule has 0 saturated heterocycles. The lowest BCUT2D eigenvalue weighted by Crippen LogP contribution is -2.43. The van der Waals surface area contributed by atoms with Gasteiger partial charge in [0.2, 0.25) is 3.79 Å². The van der Waals surface area contributed by atoms with E-state index in [4.69, 9.17) is 39.9 Å². The van der Waals surface area contributed by atoms with Gasteiger partial charge in [0.25, 0.3) is 0 Å². The molecule has 6 nitrogen and oxygen atoms in total. The lowest BCUT2D eigenvalue weighted by molar-refractivity contribution is -0.139. The first-order chi connectivity index (χ1) is 9.67. The van der Waals surface area contributed by atoms with E-state index in [0.717, 1.165) is 0 Å². The van der Waals surface area contributed by atoms with Crippen LogP contribution in [0, 0.1) is 0 Å². The summed E-state index contributed by atoms with van der Waals surface area (Å²) in [7, 11) is 0. The second-order valence-electron chi connectivity index (χ2n) is 4.10. The number of alkyl halides is 3. The van der Waals surface area contributed by atoms with Crippen molar-refractivity contribution in [3.05, 3.63) is 29.8 Å². The Labute approximate surface area is 135 Å². The molecule has 0 aliphatic heterocycles. The average molecular weight is 357 g/mol. The SMILES string of the molecule is O=C(N[C@@H](Cc1cccc(O)c1)C(=O)O)OCC(Cl)(Cl)Cl. The summed E-state index contributed by atoms with van der Waals surface area (Å²) in [5.41, 5.74) is 0.532. The van der Waals surface area contributed by atoms with Crippen molar-refractivity contribution in [2.75, 3.05) is 6.61 Å². The van der Waals surface area contributed by atoms with Crippen LogP contribution >= 0.6 is 34.8 Å². The lowest BCUT2D eigenvalue weighted by atomic mass is 10.1. The molecule has 0 unspecified atom stereocenters. The summed E-state index contributed by atoms with van der Waals surface area (Å²) in [4.78, 5) is 22.6. The van der Waals surface area contributed by atoms with Gasteiger partial charge in [-0.15, -0.1) is 0 Å². The molecule has 116 valence electrons. The number of aliphatic carboxylic acids is 1. The van der Waals surface area contributed by atoms with Gasteiger partial charge < -0.3 is 20.3 Å². The van der Waals surface area contributed by atoms with Crippen molar-refractivity contribution < 1.29 is 24.5 Å². The van der Waals surface area contributed by atoms with Gasteiger partial charge in [-0.2, -0.15) is 0 Å². The van der Waals surface area contributed by atoms with Gasteiger partial charge in [-0.25, -0.2) is 9.59 Å². The van der Waals surface area contributed by atoms with Gasteiger partial charge in [-0.05, 0) is 17.7 Å². The van der Waals surface area contributed by atoms with E-state index in [2.05, 4.69) is 10.1 Å². The van der Waals surface area contributed by atoms with E-state index < -0.39 is 28.5 Å². The summed E-state index contributed by atoms with van der Waals surface area (Å²) in [5, 5.41) is 20.5. The summed E-state index contributed by atoms with van der Waals surface area (Å²) in [6.07, 6.45) is -1.05. The molecule has 0 bridgehead atoms. The molecule has 1 aromatic rings. The van der Waals surface area contributed by atoms with Crippen molar-refractivity contribution in [2.45, 2.75) is 16.3 Å². The highest BCUT2D eigenvalue weighted by molar-refractivity contribution is 6.67. The third-order valence-electron chi connectivity index (χ3n) is 2.31. The third kappa shape index (κ3) is 7.27. The number of rotatable bonds is 5. The van der Waals surface area contributed by atoms with Crippen LogP contribution in [-0.2, 0) is 16.0 Å². The minimum Gasteiger partial charge on any atom is -0.508 e. The fourth-order valence-corrected chi connectivity index (χ4v) is 1.61. The van der Waals surface area contributed by atoms with E-state index in [1.165, 1.54) is 12.1 Å². The topological polar surface area (TPSA) is 95.9 Å². The minimum absolute atomic E-state index is 0.00424. The van der Waals surface area contributed by atoms with E-state index in [9.17, 15) is 14.7 Å². The Hall–Kier alpha value is -1.37. The molecule has 1 aromatic carbocycles. The summed E-state index contributed by atoms with van der Waals surface area (Å²) < 4.78 is 2.81. The highest BCUT2D eigenvalue weighted by atomic mass is 35.6. The first-order valence-electron chi connectivity index (χ1n) is 5.68. The maximum atomic E-state index is 11.4. The zero-order valence-electron chi connectivity index (χ0n) is 10.6. The number of halogens is 3. The predicted molar refractivity (Wildman–Crippen MR) is 78.0 cm³/mol. The standard InChI is InChI=1S/C12H12Cl3NO5/c13-12(14,15)6-21-11(20)16-9(10(18)19)5-7-2-1-3-8(17)4-7/h1-4,9,17H,5-6H2,(H,16,20)(H,18,19)/t9-/m0/s1. The number of amides is 1. The number of hydrogen-bond donors (Lipinski definition) is 3. The number of carboxylic acids is 1. The predicted octanol–water partition coefficient (Wildman–Crippen LogP) is 2.48. The highest BCUT2D eigenvalue weighted by Gasteiger charge is 2.25. The first-order valence-corrected chi connectivity index (χ1v) is 6.81. The molecule has 0 spiro atoms. The van der Waals surface area contributed by atoms with Gasteiger partial charge in [0.05, 0.1) is 0 Å². The van der Waals surface area contributed by atoms with Crippen LogP contribution in [0.5, 0.6) is 5.75 Å². The van der Waals surface area contributed by atoms with E-state index in [1.54, 1.807) is 12.1 Å². The van der Waals surface area contributed by atoms with Gasteiger partial charge in [0.1, 0.15) is 18.4 Å². The molecule has 1 rings (SSSR count). The number of phenolic OH excluding ortho intramolecular Hbond substituents is 1. The quantitative estimate of drug-likeness (QED) is 0.704. The largest absolute Gasteiger partial charge is 0.508 e. The molecule has 0 radical (unpaired) electrons. The van der Waals surface area contributed by atoms with Gasteiger partial charge in [-0.1, -0.05) is 46.9 Å². The molecule has 1 amide bonds. The number of aromatic hydroxyl groups is 1. The molecule has 9 heteroatoms. The number of alkyl carbamates (subject to hydrolysis) is 1. The summed E-state index contributed by atoms with van der Waals surface area (Å²) >= 11 is 16.2. The summed E-state index contributed by atoms with van der Waals surface area (Å²) in [6.45, 7) is -0.512. The fraction of sp³-hybridized carbons (Fsp3) is 0.333. The van der Waals surface area contributed by atoms with Gasteiger partial charge >= 0.3 is 12.1 Å². The molecule has 3 N–H and O–H groups in total. The van der Waals surface area contributed by atoms with Crippen LogP contribution in [0.3, 0.4) is 0 Å². The van der Waals surface area contributed by atoms with Crippen LogP contribution in [0.15, 0.2) is 24.3 Å². The maximum absolute atomic E-state index is 11.4. The zero-order valence-corrected chi connectivity index (χ0v) is 12.8. The molecule has 0 aliphatic rings. The number of phenols is 1. The van der Waals surface area contributed by atoms with Gasteiger partial charge in [-0.3, -0.25) is 0 Å². The lowest BCUT2D eigenvalue weighted by Gasteiger charge is -2.16. The molecule has 0 fully saturated rings. The molecule has 0 aliphatic carbocycles. The number of nitrogens with one attached hydrogen (secondary N) is 1. The second-order valence-corrected chi connectivity index (χ2v) is 6.62. The van der Waals surface area contributed by atoms with Crippen LogP contribution in [0.2, 0.25) is 0 Å². The van der Waals surface area contributed by atoms with Crippen molar-refractivity contribution in [1.29, 1.82) is 0 Å². The van der Waals surface area contributed by atoms with Crippen molar-refractivity contribution in [3.63, 3.8) is 0 Å². The monoisotopic (exact) mass is 355 g/mol. The Bertz CT molecular complexity index is 518. The van der Waals surface area contributed by atoms with E-state index in [-0.39, 0.29) is 12.2 Å². The highest BCUT2D eigenvalue weighted by Crippen LogP contribution is 2.25. The smallest absolute Gasteiger partial charge is 0.408 e. The molecule has 21 heavy (non-hydrogen) atoms. The Balaban J connectivity index is 2.62. The van der Waals surface area contributed by atoms with Crippen LogP contribution in [-0.4, -0.2) is 38.7 Å². The van der Waals surface area contributed by atoms with E-state index in [1.807, 2.05) is 0 Å². The number of benzene rings is 1. The van der Waals surface area contributed by atoms with Crippen LogP contribution < -0.4 is 5.32 Å².